The number of aliphatic hydroxyl groups excluding tert-OH is 1. The molecule has 0 saturated heterocycles. The zero-order valence-electron chi connectivity index (χ0n) is 79.1. The van der Waals surface area contributed by atoms with Crippen LogP contribution in [0, 0.1) is 29.3 Å². The maximum atomic E-state index is 15.3. The van der Waals surface area contributed by atoms with Gasteiger partial charge < -0.3 is 40.6 Å². The van der Waals surface area contributed by atoms with E-state index in [1.54, 1.807) is 88.4 Å². The summed E-state index contributed by atoms with van der Waals surface area (Å²) in [7, 11) is 0. The molecule has 0 spiro atoms. The molecule has 18 rings (SSSR count). The van der Waals surface area contributed by atoms with E-state index in [1.165, 1.54) is 105 Å². The summed E-state index contributed by atoms with van der Waals surface area (Å²) in [6.45, 7) is 21.5. The number of thiophene rings is 2. The number of aromatic nitrogens is 4. The van der Waals surface area contributed by atoms with Crippen LogP contribution in [0.3, 0.4) is 0 Å². The van der Waals surface area contributed by atoms with E-state index in [4.69, 9.17) is 24.4 Å². The first-order valence-electron chi connectivity index (χ1n) is 47.2. The molecule has 8 aromatic rings. The fourth-order valence-corrected chi connectivity index (χ4v) is 19.7. The molecule has 726 valence electrons. The van der Waals surface area contributed by atoms with Gasteiger partial charge >= 0.3 is 0 Å². The van der Waals surface area contributed by atoms with E-state index in [2.05, 4.69) is 101 Å². The third kappa shape index (κ3) is 22.4. The van der Waals surface area contributed by atoms with Gasteiger partial charge in [0.15, 0.2) is 5.78 Å². The molecule has 4 aromatic carbocycles. The topological polar surface area (TPSA) is 397 Å². The van der Waals surface area contributed by atoms with Crippen molar-refractivity contribution in [1.29, 1.82) is 0 Å². The number of hydrogen-bond acceptors (Lipinski definition) is 25. The Morgan fingerprint density at radius 1 is 0.449 bits per heavy atom. The molecule has 5 atom stereocenters. The quantitative estimate of drug-likeness (QED) is 0.0185. The number of nitrogens with zero attached hydrogens (tertiary/aromatic N) is 16. The Hall–Kier alpha value is -13.4. The Balaban J connectivity index is 0.000000140. The van der Waals surface area contributed by atoms with E-state index in [-0.39, 0.29) is 91.4 Å². The molecule has 2 fully saturated rings. The van der Waals surface area contributed by atoms with Crippen molar-refractivity contribution in [2.45, 2.75) is 233 Å². The first kappa shape index (κ1) is 99.1. The van der Waals surface area contributed by atoms with Crippen molar-refractivity contribution < 1.29 is 75.6 Å². The predicted octanol–water partition coefficient (Wildman–Crippen LogP) is 17.8. The third-order valence-corrected chi connectivity index (χ3v) is 28.3. The maximum absolute atomic E-state index is 15.3. The predicted molar refractivity (Wildman–Crippen MR) is 508 cm³/mol. The Labute approximate surface area is 805 Å². The smallest absolute Gasteiger partial charge is 0.272 e. The molecule has 0 radical (unpaired) electrons. The van der Waals surface area contributed by atoms with Gasteiger partial charge in [-0.25, -0.2) is 13.2 Å². The summed E-state index contributed by atoms with van der Waals surface area (Å²) in [4.78, 5) is 118. The molecule has 2 aliphatic carbocycles. The summed E-state index contributed by atoms with van der Waals surface area (Å²) in [5.74, 6) is -2.52. The highest BCUT2D eigenvalue weighted by Gasteiger charge is 2.49. The van der Waals surface area contributed by atoms with Crippen LogP contribution in [0.2, 0.25) is 0 Å². The summed E-state index contributed by atoms with van der Waals surface area (Å²) in [6, 6.07) is 33.2. The van der Waals surface area contributed by atoms with Gasteiger partial charge in [0.25, 0.3) is 47.3 Å². The van der Waals surface area contributed by atoms with Crippen molar-refractivity contribution in [3.63, 3.8) is 0 Å². The van der Waals surface area contributed by atoms with Gasteiger partial charge in [0, 0.05) is 123 Å². The normalized spacial score (nSPS) is 21.6. The molecule has 8 amide bonds. The molecule has 12 heterocycles. The molecule has 5 N–H and O–H groups in total. The number of aryl methyl sites for hydroxylation is 1. The van der Waals surface area contributed by atoms with Crippen LogP contribution in [-0.4, -0.2) is 144 Å². The van der Waals surface area contributed by atoms with Crippen LogP contribution in [0.4, 0.5) is 13.2 Å². The van der Waals surface area contributed by atoms with Crippen LogP contribution in [0.25, 0.3) is 22.3 Å². The summed E-state index contributed by atoms with van der Waals surface area (Å²) >= 11 is 2.53. The van der Waals surface area contributed by atoms with E-state index in [0.29, 0.717) is 114 Å². The number of ketones is 1. The number of ether oxygens (including phenoxy) is 3. The number of Topliss-reactive ketones (excluding diaryl/α,β-unsaturated/α-hetero) is 1. The van der Waals surface area contributed by atoms with Crippen molar-refractivity contribution in [3.8, 4) is 17.2 Å². The molecule has 10 aliphatic rings. The minimum Gasteiger partial charge on any atom is -0.493 e. The lowest BCUT2D eigenvalue weighted by atomic mass is 9.80. The number of rotatable bonds is 34. The van der Waals surface area contributed by atoms with Gasteiger partial charge in [0.2, 0.25) is 0 Å². The standard InChI is InChI=1S/C26H31FN6O3.C26H32N6O2.C24H27FN4O4S.C24H25FN4O4S/c1-3-4-12-36-18-8-9-20(21(27)13-18)26(2)14-19(22-10-11-32(30-22)16-17-6-5-7-17)24(25(35)29-26)33-23(34)15-28-31-33;1-3-4-5-6-18-9-11-20(12-10-18)26(2)15-21(22-13-14-31(29-22)17-19-7-8-19)24(25(34)28-26)32-23(33)16-27-30-32;2*1-4-5-10-33-15-6-7-17(18(25)11-15)24(3)12-16(20-9-8-19(34-20)14(2)30)22(23(32)27-24)29-21(31)13-26-28-29/h8-11,13,17H,3-7,12,14-16H2,1-2H3,(H,29,35);9-14,19H,3-8,15-17H2,1-2H3,(H,28,34);6-9,11,14,30H,4-5,10,12-13H2,1-3H3,(H,27,32);6-9,11H,4-5,10,12-13H2,1-3H3,(H,27,32)/t2*26-;14?,24-;24-/m0000/s1. The summed E-state index contributed by atoms with van der Waals surface area (Å²) in [5.41, 5.74) is 3.39. The van der Waals surface area contributed by atoms with Crippen LogP contribution in [-0.2, 0) is 80.0 Å². The average Bonchev–Trinajstić information content (AvgIpc) is 1.80. The van der Waals surface area contributed by atoms with Crippen molar-refractivity contribution in [2.24, 2.45) is 53.2 Å². The number of unbranched alkanes of at least 4 members (excludes halogenated alkanes) is 5. The monoisotopic (exact) mass is 1920 g/mol. The van der Waals surface area contributed by atoms with Crippen LogP contribution < -0.4 is 35.5 Å². The van der Waals surface area contributed by atoms with Gasteiger partial charge in [0.1, 0.15) is 83.7 Å². The van der Waals surface area contributed by atoms with Gasteiger partial charge in [-0.15, -0.1) is 22.7 Å². The highest BCUT2D eigenvalue weighted by atomic mass is 32.1. The lowest BCUT2D eigenvalue weighted by molar-refractivity contribution is -0.130. The van der Waals surface area contributed by atoms with Crippen LogP contribution in [0.5, 0.6) is 17.2 Å². The number of hydrogen-bond donors (Lipinski definition) is 5. The minimum absolute atomic E-state index is 0.0422. The number of nitrogens with one attached hydrogen (secondary N) is 4. The highest BCUT2D eigenvalue weighted by Crippen LogP contribution is 2.49. The van der Waals surface area contributed by atoms with E-state index in [1.807, 2.05) is 54.7 Å². The maximum Gasteiger partial charge on any atom is 0.272 e. The van der Waals surface area contributed by atoms with Gasteiger partial charge in [-0.2, -0.15) is 50.7 Å². The number of aliphatic hydroxyl groups is 1. The fraction of sp³-hybridized carbons (Fsp3) is 0.450. The minimum atomic E-state index is -1.11. The van der Waals surface area contributed by atoms with Crippen molar-refractivity contribution >= 4 is 98.0 Å². The molecule has 33 nitrogen and oxygen atoms in total. The zero-order chi connectivity index (χ0) is 97.9. The second kappa shape index (κ2) is 43.1. The van der Waals surface area contributed by atoms with Crippen LogP contribution >= 0.6 is 22.7 Å². The Morgan fingerprint density at radius 2 is 0.812 bits per heavy atom. The van der Waals surface area contributed by atoms with Gasteiger partial charge in [-0.3, -0.25) is 52.5 Å². The molecule has 8 aliphatic heterocycles. The SMILES string of the molecule is CCCCCc1ccc([C@]2(C)CC(c3ccn(CC4CC4)n3)=C(N3N=NCC3=O)C(=O)N2)cc1.CCCCOc1ccc([C@]2(C)CC(c3ccc(C(C)=O)s3)=C(N3N=NCC3=O)C(=O)N2)c(F)c1.CCCCOc1ccc([C@]2(C)CC(c3ccc(C(C)O)s3)=C(N3N=NCC3=O)C(=O)N2)c(F)c1.CCCCOc1ccc([C@]2(C)CC(c3ccn(CC4CCC4)n3)=C(N3N=NCC3=O)C(=O)N2)c(F)c1. The van der Waals surface area contributed by atoms with E-state index in [9.17, 15) is 48.3 Å². The molecule has 38 heteroatoms. The second-order valence-electron chi connectivity index (χ2n) is 36.9. The van der Waals surface area contributed by atoms with Crippen LogP contribution in [0.1, 0.15) is 254 Å². The number of amides is 8. The lowest BCUT2D eigenvalue weighted by Gasteiger charge is -2.38. The summed E-state index contributed by atoms with van der Waals surface area (Å²) in [6.07, 6.45) is 20.6. The first-order valence-corrected chi connectivity index (χ1v) is 48.8. The average molecular weight is 1930 g/mol. The van der Waals surface area contributed by atoms with E-state index >= 15 is 13.2 Å². The molecule has 1 unspecified atom stereocenters. The van der Waals surface area contributed by atoms with Gasteiger partial charge in [-0.05, 0) is 177 Å². The van der Waals surface area contributed by atoms with Gasteiger partial charge in [0.05, 0.1) is 64.3 Å². The molecule has 4 aromatic heterocycles. The first-order chi connectivity index (χ1) is 66.3. The van der Waals surface area contributed by atoms with Gasteiger partial charge in [-0.1, -0.05) is 130 Å². The van der Waals surface area contributed by atoms with Crippen LogP contribution in [0.15, 0.2) is 192 Å². The van der Waals surface area contributed by atoms with Crippen molar-refractivity contribution in [1.82, 2.24) is 60.9 Å². The Bertz CT molecular complexity index is 6260. The number of halogens is 3. The molecular weight excluding hydrogens is 1810 g/mol. The largest absolute Gasteiger partial charge is 0.493 e. The molecular formula is C100H115F3N20O13S2. The second-order valence-corrected chi connectivity index (χ2v) is 39.1. The van der Waals surface area contributed by atoms with E-state index in [0.717, 1.165) is 89.2 Å². The van der Waals surface area contributed by atoms with Crippen molar-refractivity contribution in [2.75, 3.05) is 46.0 Å². The Morgan fingerprint density at radius 3 is 1.14 bits per heavy atom. The lowest BCUT2D eigenvalue weighted by Crippen LogP contribution is -2.51. The Kier molecular flexibility index (Phi) is 31.0. The zero-order valence-corrected chi connectivity index (χ0v) is 80.7. The summed E-state index contributed by atoms with van der Waals surface area (Å²) < 4.78 is 66.5. The summed E-state index contributed by atoms with van der Waals surface area (Å²) in [5, 5.41) is 66.1. The number of carbonyl (C=O) groups is 9. The number of benzene rings is 4. The van der Waals surface area contributed by atoms with Crippen molar-refractivity contribution in [3.05, 3.63) is 227 Å². The van der Waals surface area contributed by atoms with E-state index < -0.39 is 81.2 Å². The molecule has 2 saturated carbocycles. The number of carbonyl (C=O) groups excluding carboxylic acids is 9. The fourth-order valence-electron chi connectivity index (χ4n) is 17.8. The molecule has 138 heavy (non-hydrogen) atoms. The highest BCUT2D eigenvalue weighted by molar-refractivity contribution is 7.15. The third-order valence-electron chi connectivity index (χ3n) is 25.8. The molecule has 0 bridgehead atoms.